The van der Waals surface area contributed by atoms with Crippen molar-refractivity contribution in [2.75, 3.05) is 19.6 Å². The van der Waals surface area contributed by atoms with Gasteiger partial charge in [-0.1, -0.05) is 146 Å². The lowest BCUT2D eigenvalue weighted by atomic mass is 10.2. The number of carbonyl (C=O) groups excluding carboxylic acids is 1. The van der Waals surface area contributed by atoms with Crippen molar-refractivity contribution in [1.29, 1.82) is 0 Å². The van der Waals surface area contributed by atoms with E-state index in [-0.39, 0.29) is 5.91 Å². The molecule has 0 radical (unpaired) electrons. The van der Waals surface area contributed by atoms with Crippen LogP contribution in [0.2, 0.25) is 0 Å². The third kappa shape index (κ3) is 13.2. The Labute approximate surface area is 255 Å². The number of rotatable bonds is 4. The summed E-state index contributed by atoms with van der Waals surface area (Å²) in [5, 5.41) is 3.17. The van der Waals surface area contributed by atoms with Gasteiger partial charge in [-0.3, -0.25) is 9.36 Å². The Morgan fingerprint density at radius 2 is 1.26 bits per heavy atom. The third-order valence-electron chi connectivity index (χ3n) is 5.58. The SMILES string of the molecule is C#C.C=C1CN(C(=O)c2cn(-c3ccccc3)c(-c3ccccc3)n2)CCN1.CC.CC.CCCC.c1ccccc1. The van der Waals surface area contributed by atoms with Crippen LogP contribution in [0.25, 0.3) is 17.1 Å². The summed E-state index contributed by atoms with van der Waals surface area (Å²) in [5.74, 6) is 0.689. The number of nitrogens with zero attached hydrogens (tertiary/aromatic N) is 3. The number of nitrogens with one attached hydrogen (secondary N) is 1. The smallest absolute Gasteiger partial charge is 0.274 e. The fourth-order valence-electron chi connectivity index (χ4n) is 3.51. The van der Waals surface area contributed by atoms with Crippen LogP contribution in [0.1, 0.15) is 64.9 Å². The van der Waals surface area contributed by atoms with E-state index in [1.807, 2.05) is 136 Å². The zero-order chi connectivity index (χ0) is 31.6. The summed E-state index contributed by atoms with van der Waals surface area (Å²) in [4.78, 5) is 19.4. The maximum Gasteiger partial charge on any atom is 0.274 e. The first-order valence-corrected chi connectivity index (χ1v) is 14.9. The zero-order valence-corrected chi connectivity index (χ0v) is 26.5. The quantitative estimate of drug-likeness (QED) is 0.251. The van der Waals surface area contributed by atoms with Gasteiger partial charge in [0.2, 0.25) is 0 Å². The van der Waals surface area contributed by atoms with E-state index in [2.05, 4.69) is 43.6 Å². The molecule has 4 aromatic rings. The minimum Gasteiger partial charge on any atom is -0.386 e. The van der Waals surface area contributed by atoms with E-state index < -0.39 is 0 Å². The van der Waals surface area contributed by atoms with Gasteiger partial charge >= 0.3 is 0 Å². The molecule has 1 amide bonds. The van der Waals surface area contributed by atoms with Crippen molar-refractivity contribution in [3.63, 3.8) is 0 Å². The predicted molar refractivity (Wildman–Crippen MR) is 182 cm³/mol. The normalized spacial score (nSPS) is 11.0. The summed E-state index contributed by atoms with van der Waals surface area (Å²) in [6, 6.07) is 31.9. The van der Waals surface area contributed by atoms with Gasteiger partial charge < -0.3 is 10.2 Å². The van der Waals surface area contributed by atoms with Crippen molar-refractivity contribution < 1.29 is 4.79 Å². The Balaban J connectivity index is 0.000000875. The van der Waals surface area contributed by atoms with Gasteiger partial charge in [0.05, 0.1) is 6.54 Å². The fraction of sp³-hybridized carbons (Fsp3) is 0.297. The van der Waals surface area contributed by atoms with Gasteiger partial charge in [0.1, 0.15) is 11.5 Å². The molecule has 1 saturated heterocycles. The zero-order valence-electron chi connectivity index (χ0n) is 26.5. The van der Waals surface area contributed by atoms with E-state index in [4.69, 9.17) is 0 Å². The molecule has 5 nitrogen and oxygen atoms in total. The minimum atomic E-state index is -0.0699. The second-order valence-electron chi connectivity index (χ2n) is 8.43. The number of hydrogen-bond acceptors (Lipinski definition) is 3. The molecule has 1 N–H and O–H groups in total. The van der Waals surface area contributed by atoms with E-state index in [9.17, 15) is 4.79 Å². The van der Waals surface area contributed by atoms with Crippen LogP contribution < -0.4 is 5.32 Å². The van der Waals surface area contributed by atoms with Crippen molar-refractivity contribution in [2.24, 2.45) is 0 Å². The topological polar surface area (TPSA) is 50.2 Å². The number of amides is 1. The van der Waals surface area contributed by atoms with E-state index in [0.29, 0.717) is 18.8 Å². The molecule has 1 aliphatic rings. The lowest BCUT2D eigenvalue weighted by molar-refractivity contribution is 0.0749. The van der Waals surface area contributed by atoms with Gasteiger partial charge in [0.25, 0.3) is 5.91 Å². The summed E-state index contributed by atoms with van der Waals surface area (Å²) in [6.07, 6.45) is 12.5. The molecular weight excluding hydrogens is 516 g/mol. The summed E-state index contributed by atoms with van der Waals surface area (Å²) >= 11 is 0. The van der Waals surface area contributed by atoms with Crippen LogP contribution in [0.3, 0.4) is 0 Å². The Kier molecular flexibility index (Phi) is 21.6. The molecule has 1 fully saturated rings. The molecule has 224 valence electrons. The average Bonchev–Trinajstić information content (AvgIpc) is 3.55. The van der Waals surface area contributed by atoms with Crippen LogP contribution in [0.5, 0.6) is 0 Å². The van der Waals surface area contributed by atoms with Gasteiger partial charge in [-0.05, 0) is 12.1 Å². The molecule has 0 atom stereocenters. The maximum absolute atomic E-state index is 13.0. The first kappa shape index (κ1) is 37.4. The second-order valence-corrected chi connectivity index (χ2v) is 8.43. The molecule has 0 saturated carbocycles. The van der Waals surface area contributed by atoms with Crippen molar-refractivity contribution >= 4 is 5.91 Å². The summed E-state index contributed by atoms with van der Waals surface area (Å²) < 4.78 is 1.97. The monoisotopic (exact) mass is 566 g/mol. The fourth-order valence-corrected chi connectivity index (χ4v) is 3.51. The summed E-state index contributed by atoms with van der Waals surface area (Å²) in [5.41, 5.74) is 3.25. The van der Waals surface area contributed by atoms with Crippen LogP contribution >= 0.6 is 0 Å². The molecule has 1 aromatic heterocycles. The number of benzene rings is 3. The second kappa shape index (κ2) is 24.3. The Bertz CT molecular complexity index is 1150. The summed E-state index contributed by atoms with van der Waals surface area (Å²) in [6.45, 7) is 18.2. The molecule has 1 aliphatic heterocycles. The number of para-hydroxylation sites is 1. The minimum absolute atomic E-state index is 0.0699. The molecule has 0 spiro atoms. The molecule has 0 aliphatic carbocycles. The van der Waals surface area contributed by atoms with Gasteiger partial charge in [-0.25, -0.2) is 4.98 Å². The van der Waals surface area contributed by atoms with Gasteiger partial charge in [0.15, 0.2) is 0 Å². The van der Waals surface area contributed by atoms with Gasteiger partial charge in [-0.15, -0.1) is 12.8 Å². The van der Waals surface area contributed by atoms with Gasteiger partial charge in [0, 0.05) is 36.2 Å². The highest BCUT2D eigenvalue weighted by Gasteiger charge is 2.23. The van der Waals surface area contributed by atoms with Crippen LogP contribution in [-0.4, -0.2) is 40.0 Å². The molecule has 5 heteroatoms. The predicted octanol–water partition coefficient (Wildman–Crippen LogP) is 8.89. The molecule has 2 heterocycles. The van der Waals surface area contributed by atoms with Crippen molar-refractivity contribution in [3.8, 4) is 29.9 Å². The molecule has 5 rings (SSSR count). The lowest BCUT2D eigenvalue weighted by Crippen LogP contribution is -2.44. The standard InChI is InChI=1S/C21H20N4O.C6H6.C4H10.2C2H6.C2H2/c1-16-14-24(13-12-22-16)21(26)19-15-25(18-10-6-3-7-11-18)20(23-19)17-8-4-2-5-9-17;1-2-4-6-5-3-1;1-3-4-2;3*1-2/h2-11,15,22H,1,12-14H2;1-6H;3-4H2,1-2H3;2*1-2H3;1-2H. The number of terminal acetylenes is 1. The molecule has 3 aromatic carbocycles. The van der Waals surface area contributed by atoms with Crippen LogP contribution in [-0.2, 0) is 0 Å². The Hall–Kier alpha value is -4.56. The van der Waals surface area contributed by atoms with Crippen LogP contribution in [0.4, 0.5) is 0 Å². The van der Waals surface area contributed by atoms with E-state index in [0.717, 1.165) is 29.3 Å². The van der Waals surface area contributed by atoms with E-state index >= 15 is 0 Å². The number of carbonyl (C=O) groups is 1. The van der Waals surface area contributed by atoms with Crippen LogP contribution in [0, 0.1) is 12.8 Å². The van der Waals surface area contributed by atoms with Crippen molar-refractivity contribution in [2.45, 2.75) is 54.4 Å². The Morgan fingerprint density at radius 3 is 1.71 bits per heavy atom. The number of piperazine rings is 1. The van der Waals surface area contributed by atoms with Crippen molar-refractivity contribution in [1.82, 2.24) is 19.8 Å². The summed E-state index contributed by atoms with van der Waals surface area (Å²) in [7, 11) is 0. The highest BCUT2D eigenvalue weighted by Crippen LogP contribution is 2.23. The van der Waals surface area contributed by atoms with Gasteiger partial charge in [-0.2, -0.15) is 0 Å². The average molecular weight is 567 g/mol. The number of hydrogen-bond donors (Lipinski definition) is 1. The molecule has 0 bridgehead atoms. The largest absolute Gasteiger partial charge is 0.386 e. The van der Waals surface area contributed by atoms with E-state index in [1.54, 1.807) is 4.90 Å². The highest BCUT2D eigenvalue weighted by atomic mass is 16.2. The number of imidazole rings is 1. The van der Waals surface area contributed by atoms with Crippen molar-refractivity contribution in [3.05, 3.63) is 121 Å². The first-order chi connectivity index (χ1) is 20.6. The Morgan fingerprint density at radius 1 is 0.810 bits per heavy atom. The molecule has 0 unspecified atom stereocenters. The third-order valence-corrected chi connectivity index (χ3v) is 5.58. The van der Waals surface area contributed by atoms with E-state index in [1.165, 1.54) is 12.8 Å². The lowest BCUT2D eigenvalue weighted by Gasteiger charge is -2.28. The van der Waals surface area contributed by atoms with Crippen LogP contribution in [0.15, 0.2) is 116 Å². The highest BCUT2D eigenvalue weighted by molar-refractivity contribution is 5.93. The first-order valence-electron chi connectivity index (χ1n) is 14.9. The molecular formula is C37H50N4O. The molecule has 42 heavy (non-hydrogen) atoms. The maximum atomic E-state index is 13.0. The number of unbranched alkanes of at least 4 members (excludes halogenated alkanes) is 1. The number of aromatic nitrogens is 2.